The van der Waals surface area contributed by atoms with Crippen molar-refractivity contribution in [2.45, 2.75) is 12.5 Å². The molecule has 0 fully saturated rings. The number of nitrogens with one attached hydrogen (secondary N) is 1. The smallest absolute Gasteiger partial charge is 0.0439 e. The molecule has 0 bridgehead atoms. The van der Waals surface area contributed by atoms with E-state index in [9.17, 15) is 0 Å². The van der Waals surface area contributed by atoms with Crippen molar-refractivity contribution < 1.29 is 0 Å². The highest BCUT2D eigenvalue weighted by Crippen LogP contribution is 2.25. The van der Waals surface area contributed by atoms with E-state index < -0.39 is 0 Å². The standard InChI is InChI=1S/C14H14Cl2N2/c1-17-14(10-4-6-18-7-5-10)9-11-8-12(15)2-3-13(11)16/h2-8,14,17H,9H2,1H3. The second-order valence-electron chi connectivity index (χ2n) is 4.06. The highest BCUT2D eigenvalue weighted by atomic mass is 35.5. The number of likely N-dealkylation sites (N-methyl/N-ethyl adjacent to an activating group) is 1. The number of benzene rings is 1. The van der Waals surface area contributed by atoms with Crippen LogP contribution in [0.25, 0.3) is 0 Å². The maximum absolute atomic E-state index is 6.19. The summed E-state index contributed by atoms with van der Waals surface area (Å²) in [6.07, 6.45) is 4.37. The molecule has 1 N–H and O–H groups in total. The van der Waals surface area contributed by atoms with Crippen LogP contribution in [0, 0.1) is 0 Å². The van der Waals surface area contributed by atoms with Crippen molar-refractivity contribution in [1.82, 2.24) is 10.3 Å². The maximum atomic E-state index is 6.19. The van der Waals surface area contributed by atoms with Crippen LogP contribution in [-0.2, 0) is 6.42 Å². The summed E-state index contributed by atoms with van der Waals surface area (Å²) in [5.74, 6) is 0. The molecule has 1 atom stereocenters. The van der Waals surface area contributed by atoms with E-state index in [2.05, 4.69) is 10.3 Å². The number of hydrogen-bond donors (Lipinski definition) is 1. The molecule has 4 heteroatoms. The number of pyridine rings is 1. The molecule has 94 valence electrons. The largest absolute Gasteiger partial charge is 0.313 e. The van der Waals surface area contributed by atoms with E-state index in [1.54, 1.807) is 18.5 Å². The first kappa shape index (κ1) is 13.3. The average Bonchev–Trinajstić information content (AvgIpc) is 2.41. The Hall–Kier alpha value is -1.09. The van der Waals surface area contributed by atoms with Crippen LogP contribution in [0.4, 0.5) is 0 Å². The minimum absolute atomic E-state index is 0.198. The quantitative estimate of drug-likeness (QED) is 0.919. The molecule has 0 amide bonds. The number of rotatable bonds is 4. The van der Waals surface area contributed by atoms with Gasteiger partial charge in [-0.2, -0.15) is 0 Å². The zero-order valence-electron chi connectivity index (χ0n) is 10.0. The van der Waals surface area contributed by atoms with Gasteiger partial charge in [0.05, 0.1) is 0 Å². The second kappa shape index (κ2) is 6.19. The number of hydrogen-bond acceptors (Lipinski definition) is 2. The van der Waals surface area contributed by atoms with E-state index >= 15 is 0 Å². The van der Waals surface area contributed by atoms with Gasteiger partial charge < -0.3 is 5.32 Å². The van der Waals surface area contributed by atoms with Crippen LogP contribution in [0.5, 0.6) is 0 Å². The first-order valence-corrected chi connectivity index (χ1v) is 6.47. The number of nitrogens with zero attached hydrogens (tertiary/aromatic N) is 1. The molecule has 1 unspecified atom stereocenters. The zero-order chi connectivity index (χ0) is 13.0. The monoisotopic (exact) mass is 280 g/mol. The Balaban J connectivity index is 2.23. The lowest BCUT2D eigenvalue weighted by molar-refractivity contribution is 0.591. The first-order chi connectivity index (χ1) is 8.70. The minimum Gasteiger partial charge on any atom is -0.313 e. The lowest BCUT2D eigenvalue weighted by Crippen LogP contribution is -2.19. The van der Waals surface area contributed by atoms with Crippen LogP contribution < -0.4 is 5.32 Å². The van der Waals surface area contributed by atoms with Crippen LogP contribution in [0.15, 0.2) is 42.7 Å². The Bertz CT molecular complexity index is 514. The molecular formula is C14H14Cl2N2. The topological polar surface area (TPSA) is 24.9 Å². The van der Waals surface area contributed by atoms with E-state index in [1.807, 2.05) is 31.3 Å². The molecule has 2 nitrogen and oxygen atoms in total. The normalized spacial score (nSPS) is 12.4. The molecule has 0 aliphatic carbocycles. The van der Waals surface area contributed by atoms with E-state index in [-0.39, 0.29) is 6.04 Å². The molecule has 0 spiro atoms. The molecule has 0 aliphatic rings. The van der Waals surface area contributed by atoms with Crippen LogP contribution in [-0.4, -0.2) is 12.0 Å². The summed E-state index contributed by atoms with van der Waals surface area (Å²) in [5, 5.41) is 4.74. The fourth-order valence-electron chi connectivity index (χ4n) is 1.90. The van der Waals surface area contributed by atoms with Crippen molar-refractivity contribution >= 4 is 23.2 Å². The Morgan fingerprint density at radius 2 is 1.89 bits per heavy atom. The summed E-state index contributed by atoms with van der Waals surface area (Å²) in [4.78, 5) is 4.03. The van der Waals surface area contributed by atoms with Crippen molar-refractivity contribution in [3.05, 3.63) is 63.9 Å². The number of aromatic nitrogens is 1. The van der Waals surface area contributed by atoms with Crippen LogP contribution in [0.1, 0.15) is 17.2 Å². The van der Waals surface area contributed by atoms with Gasteiger partial charge in [0.15, 0.2) is 0 Å². The molecule has 0 saturated carbocycles. The third kappa shape index (κ3) is 3.22. The molecule has 1 heterocycles. The van der Waals surface area contributed by atoms with E-state index in [4.69, 9.17) is 23.2 Å². The van der Waals surface area contributed by atoms with Gasteiger partial charge in [0, 0.05) is 28.5 Å². The van der Waals surface area contributed by atoms with Gasteiger partial charge in [-0.15, -0.1) is 0 Å². The van der Waals surface area contributed by atoms with Gasteiger partial charge >= 0.3 is 0 Å². The Labute approximate surface area is 117 Å². The van der Waals surface area contributed by atoms with Gasteiger partial charge in [0.2, 0.25) is 0 Å². The lowest BCUT2D eigenvalue weighted by Gasteiger charge is -2.17. The van der Waals surface area contributed by atoms with Gasteiger partial charge in [-0.05, 0) is 54.9 Å². The SMILES string of the molecule is CNC(Cc1cc(Cl)ccc1Cl)c1ccncc1. The molecule has 2 aromatic rings. The van der Waals surface area contributed by atoms with Crippen LogP contribution in [0.2, 0.25) is 10.0 Å². The average molecular weight is 281 g/mol. The molecular weight excluding hydrogens is 267 g/mol. The molecule has 0 aliphatic heterocycles. The highest BCUT2D eigenvalue weighted by molar-refractivity contribution is 6.33. The number of halogens is 2. The van der Waals surface area contributed by atoms with Crippen molar-refractivity contribution in [1.29, 1.82) is 0 Å². The van der Waals surface area contributed by atoms with Gasteiger partial charge in [-0.3, -0.25) is 4.98 Å². The summed E-state index contributed by atoms with van der Waals surface area (Å²) >= 11 is 12.2. The molecule has 2 rings (SSSR count). The summed E-state index contributed by atoms with van der Waals surface area (Å²) < 4.78 is 0. The van der Waals surface area contributed by atoms with Crippen LogP contribution >= 0.6 is 23.2 Å². The van der Waals surface area contributed by atoms with Gasteiger partial charge in [0.1, 0.15) is 0 Å². The third-order valence-electron chi connectivity index (χ3n) is 2.89. The molecule has 1 aromatic heterocycles. The predicted molar refractivity (Wildman–Crippen MR) is 76.2 cm³/mol. The molecule has 1 aromatic carbocycles. The highest BCUT2D eigenvalue weighted by Gasteiger charge is 2.12. The lowest BCUT2D eigenvalue weighted by atomic mass is 10.00. The van der Waals surface area contributed by atoms with E-state index in [1.165, 1.54) is 5.56 Å². The maximum Gasteiger partial charge on any atom is 0.0439 e. The fourth-order valence-corrected chi connectivity index (χ4v) is 2.29. The van der Waals surface area contributed by atoms with E-state index in [0.717, 1.165) is 17.0 Å². The molecule has 0 saturated heterocycles. The van der Waals surface area contributed by atoms with Crippen molar-refractivity contribution in [2.75, 3.05) is 7.05 Å². The van der Waals surface area contributed by atoms with E-state index in [0.29, 0.717) is 5.02 Å². The van der Waals surface area contributed by atoms with Crippen LogP contribution in [0.3, 0.4) is 0 Å². The molecule has 0 radical (unpaired) electrons. The fraction of sp³-hybridized carbons (Fsp3) is 0.214. The Morgan fingerprint density at radius 3 is 2.56 bits per heavy atom. The zero-order valence-corrected chi connectivity index (χ0v) is 11.5. The summed E-state index contributed by atoms with van der Waals surface area (Å²) in [6.45, 7) is 0. The summed E-state index contributed by atoms with van der Waals surface area (Å²) in [6, 6.07) is 9.74. The first-order valence-electron chi connectivity index (χ1n) is 5.72. The second-order valence-corrected chi connectivity index (χ2v) is 4.91. The van der Waals surface area contributed by atoms with Gasteiger partial charge in [-0.1, -0.05) is 23.2 Å². The molecule has 18 heavy (non-hydrogen) atoms. The van der Waals surface area contributed by atoms with Crippen molar-refractivity contribution in [3.63, 3.8) is 0 Å². The van der Waals surface area contributed by atoms with Gasteiger partial charge in [0.25, 0.3) is 0 Å². The minimum atomic E-state index is 0.198. The van der Waals surface area contributed by atoms with Gasteiger partial charge in [-0.25, -0.2) is 0 Å². The predicted octanol–water partition coefficient (Wildman–Crippen LogP) is 3.89. The third-order valence-corrected chi connectivity index (χ3v) is 3.49. The Morgan fingerprint density at radius 1 is 1.17 bits per heavy atom. The summed E-state index contributed by atoms with van der Waals surface area (Å²) in [5.41, 5.74) is 2.23. The summed E-state index contributed by atoms with van der Waals surface area (Å²) in [7, 11) is 1.93. The van der Waals surface area contributed by atoms with Crippen molar-refractivity contribution in [2.24, 2.45) is 0 Å². The Kier molecular flexibility index (Phi) is 4.59. The van der Waals surface area contributed by atoms with Crippen molar-refractivity contribution in [3.8, 4) is 0 Å².